The van der Waals surface area contributed by atoms with Crippen molar-refractivity contribution in [3.8, 4) is 0 Å². The van der Waals surface area contributed by atoms with E-state index in [0.29, 0.717) is 25.2 Å². The van der Waals surface area contributed by atoms with Crippen molar-refractivity contribution in [3.05, 3.63) is 35.9 Å². The zero-order valence-electron chi connectivity index (χ0n) is 11.5. The summed E-state index contributed by atoms with van der Waals surface area (Å²) >= 11 is 0. The maximum absolute atomic E-state index is 9.30. The lowest BCUT2D eigenvalue weighted by Crippen LogP contribution is -2.51. The Labute approximate surface area is 115 Å². The summed E-state index contributed by atoms with van der Waals surface area (Å²) in [7, 11) is 0. The lowest BCUT2D eigenvalue weighted by atomic mass is 9.99. The second-order valence-electron chi connectivity index (χ2n) is 5.19. The van der Waals surface area contributed by atoms with Gasteiger partial charge in [-0.15, -0.1) is 0 Å². The number of benzene rings is 1. The van der Waals surface area contributed by atoms with Crippen LogP contribution in [0.25, 0.3) is 0 Å². The molecule has 1 saturated heterocycles. The summed E-state index contributed by atoms with van der Waals surface area (Å²) in [6.45, 7) is 4.33. The van der Waals surface area contributed by atoms with E-state index in [0.717, 1.165) is 13.0 Å². The molecule has 1 heterocycles. The minimum Gasteiger partial charge on any atom is -0.394 e. The second-order valence-corrected chi connectivity index (χ2v) is 5.19. The monoisotopic (exact) mass is 264 g/mol. The quantitative estimate of drug-likeness (QED) is 0.838. The van der Waals surface area contributed by atoms with Crippen molar-refractivity contribution in [2.24, 2.45) is 5.73 Å². The van der Waals surface area contributed by atoms with Crippen molar-refractivity contribution in [1.82, 2.24) is 4.90 Å². The second kappa shape index (κ2) is 7.01. The van der Waals surface area contributed by atoms with Gasteiger partial charge in [-0.25, -0.2) is 0 Å². The molecule has 1 aliphatic heterocycles. The van der Waals surface area contributed by atoms with E-state index in [4.69, 9.17) is 10.5 Å². The van der Waals surface area contributed by atoms with Crippen molar-refractivity contribution in [3.63, 3.8) is 0 Å². The molecule has 1 aromatic rings. The van der Waals surface area contributed by atoms with Crippen molar-refractivity contribution in [1.29, 1.82) is 0 Å². The Morgan fingerprint density at radius 3 is 2.79 bits per heavy atom. The molecular weight excluding hydrogens is 240 g/mol. The number of nitrogens with zero attached hydrogens (tertiary/aromatic N) is 1. The molecule has 0 saturated carbocycles. The van der Waals surface area contributed by atoms with Crippen LogP contribution in [0.2, 0.25) is 0 Å². The van der Waals surface area contributed by atoms with E-state index in [1.165, 1.54) is 5.56 Å². The number of aliphatic hydroxyl groups is 1. The Bertz CT molecular complexity index is 372. The van der Waals surface area contributed by atoms with Gasteiger partial charge in [0.1, 0.15) is 0 Å². The van der Waals surface area contributed by atoms with Crippen LogP contribution in [0.5, 0.6) is 0 Å². The molecular formula is C15H24N2O2. The van der Waals surface area contributed by atoms with Gasteiger partial charge in [0.15, 0.2) is 0 Å². The third-order valence-corrected chi connectivity index (χ3v) is 3.78. The van der Waals surface area contributed by atoms with E-state index in [2.05, 4.69) is 36.1 Å². The van der Waals surface area contributed by atoms with Gasteiger partial charge in [-0.1, -0.05) is 30.3 Å². The molecule has 0 spiro atoms. The zero-order valence-corrected chi connectivity index (χ0v) is 11.5. The van der Waals surface area contributed by atoms with Crippen LogP contribution in [-0.2, 0) is 4.74 Å². The van der Waals surface area contributed by atoms with Gasteiger partial charge in [-0.05, 0) is 25.5 Å². The molecule has 0 amide bonds. The molecule has 0 aliphatic carbocycles. The number of aliphatic hydroxyl groups excluding tert-OH is 1. The number of hydrogen-bond donors (Lipinski definition) is 2. The van der Waals surface area contributed by atoms with Gasteiger partial charge in [-0.2, -0.15) is 0 Å². The largest absolute Gasteiger partial charge is 0.394 e. The van der Waals surface area contributed by atoms with Crippen molar-refractivity contribution >= 4 is 0 Å². The lowest BCUT2D eigenvalue weighted by molar-refractivity contribution is -0.0925. The number of rotatable bonds is 5. The van der Waals surface area contributed by atoms with E-state index >= 15 is 0 Å². The molecule has 19 heavy (non-hydrogen) atoms. The SMILES string of the molecule is CC1COC(CO)CN1C(CCN)c1ccccc1. The molecule has 4 heteroatoms. The molecule has 0 aromatic heterocycles. The molecule has 4 nitrogen and oxygen atoms in total. The first-order valence-electron chi connectivity index (χ1n) is 6.99. The van der Waals surface area contributed by atoms with Gasteiger partial charge in [0.05, 0.1) is 19.3 Å². The predicted molar refractivity (Wildman–Crippen MR) is 75.8 cm³/mol. The van der Waals surface area contributed by atoms with Crippen LogP contribution in [-0.4, -0.2) is 48.5 Å². The van der Waals surface area contributed by atoms with Gasteiger partial charge >= 0.3 is 0 Å². The maximum atomic E-state index is 9.30. The molecule has 1 aliphatic rings. The van der Waals surface area contributed by atoms with Crippen molar-refractivity contribution in [2.75, 3.05) is 26.3 Å². The normalized spacial score (nSPS) is 26.3. The van der Waals surface area contributed by atoms with E-state index in [-0.39, 0.29) is 12.7 Å². The number of morpholine rings is 1. The van der Waals surface area contributed by atoms with Crippen LogP contribution in [0.15, 0.2) is 30.3 Å². The summed E-state index contributed by atoms with van der Waals surface area (Å²) in [6, 6.07) is 11.1. The van der Waals surface area contributed by atoms with Gasteiger partial charge in [0.25, 0.3) is 0 Å². The summed E-state index contributed by atoms with van der Waals surface area (Å²) < 4.78 is 5.61. The summed E-state index contributed by atoms with van der Waals surface area (Å²) in [5.41, 5.74) is 7.07. The Balaban J connectivity index is 2.17. The molecule has 0 radical (unpaired) electrons. The van der Waals surface area contributed by atoms with Crippen molar-refractivity contribution < 1.29 is 9.84 Å². The third kappa shape index (κ3) is 3.54. The fourth-order valence-electron chi connectivity index (χ4n) is 2.74. The molecule has 106 valence electrons. The van der Waals surface area contributed by atoms with Crippen LogP contribution in [0, 0.1) is 0 Å². The van der Waals surface area contributed by atoms with E-state index in [1.807, 2.05) is 6.07 Å². The highest BCUT2D eigenvalue weighted by atomic mass is 16.5. The standard InChI is InChI=1S/C15H24N2O2/c1-12-11-19-14(10-18)9-17(12)15(7-8-16)13-5-3-2-4-6-13/h2-6,12,14-15,18H,7-11,16H2,1H3. The van der Waals surface area contributed by atoms with E-state index < -0.39 is 0 Å². The lowest BCUT2D eigenvalue weighted by Gasteiger charge is -2.42. The average Bonchev–Trinajstić information content (AvgIpc) is 2.47. The smallest absolute Gasteiger partial charge is 0.0933 e. The van der Waals surface area contributed by atoms with E-state index in [1.54, 1.807) is 0 Å². The molecule has 1 aromatic carbocycles. The Morgan fingerprint density at radius 2 is 2.16 bits per heavy atom. The summed E-state index contributed by atoms with van der Waals surface area (Å²) in [5.74, 6) is 0. The Kier molecular flexibility index (Phi) is 5.34. The van der Waals surface area contributed by atoms with Gasteiger partial charge in [0.2, 0.25) is 0 Å². The van der Waals surface area contributed by atoms with E-state index in [9.17, 15) is 5.11 Å². The molecule has 3 N–H and O–H groups in total. The highest BCUT2D eigenvalue weighted by Gasteiger charge is 2.31. The number of nitrogens with two attached hydrogens (primary N) is 1. The van der Waals surface area contributed by atoms with Gasteiger partial charge in [0, 0.05) is 18.6 Å². The highest BCUT2D eigenvalue weighted by molar-refractivity contribution is 5.19. The highest BCUT2D eigenvalue weighted by Crippen LogP contribution is 2.28. The molecule has 0 bridgehead atoms. The van der Waals surface area contributed by atoms with Crippen LogP contribution >= 0.6 is 0 Å². The minimum atomic E-state index is -0.0832. The Hall–Kier alpha value is -0.940. The first-order valence-corrected chi connectivity index (χ1v) is 6.99. The average molecular weight is 264 g/mol. The maximum Gasteiger partial charge on any atom is 0.0933 e. The minimum absolute atomic E-state index is 0.0767. The fourth-order valence-corrected chi connectivity index (χ4v) is 2.74. The topological polar surface area (TPSA) is 58.7 Å². The number of ether oxygens (including phenoxy) is 1. The molecule has 2 rings (SSSR count). The summed E-state index contributed by atoms with van der Waals surface area (Å²) in [4.78, 5) is 2.41. The molecule has 3 atom stereocenters. The fraction of sp³-hybridized carbons (Fsp3) is 0.600. The third-order valence-electron chi connectivity index (χ3n) is 3.78. The first kappa shape index (κ1) is 14.5. The zero-order chi connectivity index (χ0) is 13.7. The molecule has 3 unspecified atom stereocenters. The van der Waals surface area contributed by atoms with Gasteiger partial charge in [-0.3, -0.25) is 4.90 Å². The summed E-state index contributed by atoms with van der Waals surface area (Å²) in [6.07, 6.45) is 0.840. The number of hydrogen-bond acceptors (Lipinski definition) is 4. The van der Waals surface area contributed by atoms with Gasteiger partial charge < -0.3 is 15.6 Å². The van der Waals surface area contributed by atoms with Crippen LogP contribution in [0.1, 0.15) is 24.9 Å². The summed E-state index contributed by atoms with van der Waals surface area (Å²) in [5, 5.41) is 9.30. The van der Waals surface area contributed by atoms with Crippen molar-refractivity contribution in [2.45, 2.75) is 31.5 Å². The predicted octanol–water partition coefficient (Wildman–Crippen LogP) is 1.16. The van der Waals surface area contributed by atoms with Crippen LogP contribution in [0.3, 0.4) is 0 Å². The van der Waals surface area contributed by atoms with Crippen LogP contribution < -0.4 is 5.73 Å². The first-order chi connectivity index (χ1) is 9.26. The Morgan fingerprint density at radius 1 is 1.42 bits per heavy atom. The van der Waals surface area contributed by atoms with Crippen LogP contribution in [0.4, 0.5) is 0 Å². The molecule has 1 fully saturated rings.